The van der Waals surface area contributed by atoms with Crippen molar-refractivity contribution >= 4 is 11.9 Å². The van der Waals surface area contributed by atoms with Gasteiger partial charge in [-0.15, -0.1) is 0 Å². The number of methoxy groups -OCH3 is 1. The van der Waals surface area contributed by atoms with Gasteiger partial charge in [0.05, 0.1) is 12.8 Å². The molecule has 0 spiro atoms. The molecule has 138 valence electrons. The van der Waals surface area contributed by atoms with Crippen LogP contribution in [0, 0.1) is 0 Å². The summed E-state index contributed by atoms with van der Waals surface area (Å²) in [5, 5.41) is 12.1. The highest BCUT2D eigenvalue weighted by Crippen LogP contribution is 2.19. The minimum Gasteiger partial charge on any atom is -0.497 e. The number of hydrogen-bond acceptors (Lipinski definition) is 6. The third-order valence-corrected chi connectivity index (χ3v) is 4.62. The molecule has 1 amide bonds. The Kier molecular flexibility index (Phi) is 4.69. The van der Waals surface area contributed by atoms with E-state index >= 15 is 0 Å². The van der Waals surface area contributed by atoms with E-state index in [0.717, 1.165) is 5.69 Å². The molecule has 3 aromatic rings. The van der Waals surface area contributed by atoms with Crippen LogP contribution in [0.2, 0.25) is 0 Å². The number of para-hydroxylation sites is 1. The molecular weight excluding hydrogens is 344 g/mol. The van der Waals surface area contributed by atoms with E-state index in [1.807, 2.05) is 53.4 Å². The predicted molar refractivity (Wildman–Crippen MR) is 100 cm³/mol. The van der Waals surface area contributed by atoms with Crippen molar-refractivity contribution in [1.82, 2.24) is 25.1 Å². The number of tetrazole rings is 1. The molecule has 8 nitrogen and oxygen atoms in total. The second kappa shape index (κ2) is 7.45. The quantitative estimate of drug-likeness (QED) is 0.700. The summed E-state index contributed by atoms with van der Waals surface area (Å²) in [6, 6.07) is 17.0. The van der Waals surface area contributed by atoms with Gasteiger partial charge in [0.15, 0.2) is 0 Å². The maximum Gasteiger partial charge on any atom is 0.254 e. The van der Waals surface area contributed by atoms with Crippen LogP contribution in [0.25, 0.3) is 5.69 Å². The van der Waals surface area contributed by atoms with E-state index in [1.165, 1.54) is 0 Å². The Bertz CT molecular complexity index is 919. The summed E-state index contributed by atoms with van der Waals surface area (Å²) in [5.41, 5.74) is 1.55. The normalized spacial score (nSPS) is 14.3. The lowest BCUT2D eigenvalue weighted by atomic mass is 10.1. The van der Waals surface area contributed by atoms with Gasteiger partial charge in [-0.25, -0.2) is 0 Å². The second-order valence-corrected chi connectivity index (χ2v) is 6.24. The summed E-state index contributed by atoms with van der Waals surface area (Å²) in [6.07, 6.45) is 0. The average molecular weight is 364 g/mol. The summed E-state index contributed by atoms with van der Waals surface area (Å²) in [6.45, 7) is 2.56. The highest BCUT2D eigenvalue weighted by molar-refractivity contribution is 5.94. The van der Waals surface area contributed by atoms with Crippen molar-refractivity contribution in [1.29, 1.82) is 0 Å². The van der Waals surface area contributed by atoms with Crippen molar-refractivity contribution in [3.05, 3.63) is 60.2 Å². The first-order valence-corrected chi connectivity index (χ1v) is 8.78. The van der Waals surface area contributed by atoms with Gasteiger partial charge < -0.3 is 14.5 Å². The number of amides is 1. The molecule has 1 aromatic heterocycles. The maximum absolute atomic E-state index is 12.8. The van der Waals surface area contributed by atoms with Gasteiger partial charge in [-0.3, -0.25) is 4.79 Å². The van der Waals surface area contributed by atoms with Gasteiger partial charge in [0.2, 0.25) is 5.95 Å². The first-order valence-electron chi connectivity index (χ1n) is 8.78. The lowest BCUT2D eigenvalue weighted by Gasteiger charge is -2.34. The van der Waals surface area contributed by atoms with Gasteiger partial charge in [0, 0.05) is 31.7 Å². The van der Waals surface area contributed by atoms with Crippen molar-refractivity contribution in [2.24, 2.45) is 0 Å². The Morgan fingerprint density at radius 3 is 2.52 bits per heavy atom. The maximum atomic E-state index is 12.8. The number of carbonyl (C=O) groups excluding carboxylic acids is 1. The molecule has 0 saturated carbocycles. The Morgan fingerprint density at radius 1 is 1.00 bits per heavy atom. The van der Waals surface area contributed by atoms with Crippen molar-refractivity contribution in [2.45, 2.75) is 0 Å². The molecule has 0 radical (unpaired) electrons. The van der Waals surface area contributed by atoms with Crippen molar-refractivity contribution in [3.63, 3.8) is 0 Å². The highest BCUT2D eigenvalue weighted by Gasteiger charge is 2.25. The Morgan fingerprint density at radius 2 is 1.78 bits per heavy atom. The van der Waals surface area contributed by atoms with Crippen LogP contribution in [0.3, 0.4) is 0 Å². The van der Waals surface area contributed by atoms with Crippen LogP contribution in [0.5, 0.6) is 5.75 Å². The van der Waals surface area contributed by atoms with Gasteiger partial charge in [-0.2, -0.15) is 4.68 Å². The molecule has 0 atom stereocenters. The minimum absolute atomic E-state index is 0.0104. The smallest absolute Gasteiger partial charge is 0.254 e. The largest absolute Gasteiger partial charge is 0.497 e. The zero-order valence-electron chi connectivity index (χ0n) is 15.0. The van der Waals surface area contributed by atoms with E-state index in [-0.39, 0.29) is 5.91 Å². The number of aromatic nitrogens is 4. The fourth-order valence-electron chi connectivity index (χ4n) is 3.16. The fraction of sp³-hybridized carbons (Fsp3) is 0.263. The number of nitrogens with zero attached hydrogens (tertiary/aromatic N) is 6. The van der Waals surface area contributed by atoms with Crippen LogP contribution in [-0.4, -0.2) is 64.3 Å². The number of benzene rings is 2. The molecule has 0 unspecified atom stereocenters. The zero-order chi connectivity index (χ0) is 18.6. The zero-order valence-corrected chi connectivity index (χ0v) is 15.0. The first kappa shape index (κ1) is 17.0. The van der Waals surface area contributed by atoms with Crippen molar-refractivity contribution < 1.29 is 9.53 Å². The molecule has 0 bridgehead atoms. The van der Waals surface area contributed by atoms with E-state index in [0.29, 0.717) is 43.4 Å². The fourth-order valence-corrected chi connectivity index (χ4v) is 3.16. The minimum atomic E-state index is 0.0104. The Balaban J connectivity index is 1.45. The van der Waals surface area contributed by atoms with Crippen LogP contribution in [-0.2, 0) is 0 Å². The van der Waals surface area contributed by atoms with Gasteiger partial charge in [-0.05, 0) is 40.8 Å². The summed E-state index contributed by atoms with van der Waals surface area (Å²) >= 11 is 0. The molecule has 0 N–H and O–H groups in total. The number of ether oxygens (including phenoxy) is 1. The van der Waals surface area contributed by atoms with E-state index < -0.39 is 0 Å². The van der Waals surface area contributed by atoms with Crippen LogP contribution in [0.1, 0.15) is 10.4 Å². The SMILES string of the molecule is COc1cccc(C(=O)N2CCN(c3nnnn3-c3ccccc3)CC2)c1. The van der Waals surface area contributed by atoms with E-state index in [9.17, 15) is 4.79 Å². The molecular formula is C19H20N6O2. The average Bonchev–Trinajstić information content (AvgIpc) is 3.24. The van der Waals surface area contributed by atoms with E-state index in [1.54, 1.807) is 17.9 Å². The van der Waals surface area contributed by atoms with Crippen LogP contribution < -0.4 is 9.64 Å². The number of carbonyl (C=O) groups is 1. The van der Waals surface area contributed by atoms with Crippen LogP contribution in [0.15, 0.2) is 54.6 Å². The van der Waals surface area contributed by atoms with Gasteiger partial charge in [-0.1, -0.05) is 29.4 Å². The molecule has 2 heterocycles. The predicted octanol–water partition coefficient (Wildman–Crippen LogP) is 1.63. The summed E-state index contributed by atoms with van der Waals surface area (Å²) < 4.78 is 6.93. The standard InChI is InChI=1S/C19H20N6O2/c1-27-17-9-5-6-15(14-17)18(26)23-10-12-24(13-11-23)19-20-21-22-25(19)16-7-3-2-4-8-16/h2-9,14H,10-13H2,1H3. The van der Waals surface area contributed by atoms with Gasteiger partial charge >= 0.3 is 0 Å². The monoisotopic (exact) mass is 364 g/mol. The molecule has 1 aliphatic heterocycles. The molecule has 0 aliphatic carbocycles. The topological polar surface area (TPSA) is 76.4 Å². The highest BCUT2D eigenvalue weighted by atomic mass is 16.5. The van der Waals surface area contributed by atoms with E-state index in [2.05, 4.69) is 20.4 Å². The third-order valence-electron chi connectivity index (χ3n) is 4.62. The van der Waals surface area contributed by atoms with Crippen LogP contribution >= 0.6 is 0 Å². The summed E-state index contributed by atoms with van der Waals surface area (Å²) in [4.78, 5) is 16.7. The van der Waals surface area contributed by atoms with Gasteiger partial charge in [0.25, 0.3) is 5.91 Å². The number of hydrogen-bond donors (Lipinski definition) is 0. The molecule has 8 heteroatoms. The lowest BCUT2D eigenvalue weighted by Crippen LogP contribution is -2.49. The number of piperazine rings is 1. The van der Waals surface area contributed by atoms with Crippen LogP contribution in [0.4, 0.5) is 5.95 Å². The van der Waals surface area contributed by atoms with Crippen molar-refractivity contribution in [2.75, 3.05) is 38.2 Å². The Hall–Kier alpha value is -3.42. The first-order chi connectivity index (χ1) is 13.3. The molecule has 4 rings (SSSR count). The number of anilines is 1. The number of rotatable bonds is 4. The third kappa shape index (κ3) is 3.46. The summed E-state index contributed by atoms with van der Waals surface area (Å²) in [5.74, 6) is 1.38. The Labute approximate surface area is 157 Å². The molecule has 2 aromatic carbocycles. The van der Waals surface area contributed by atoms with Gasteiger partial charge in [0.1, 0.15) is 5.75 Å². The summed E-state index contributed by atoms with van der Waals surface area (Å²) in [7, 11) is 1.60. The molecule has 1 saturated heterocycles. The van der Waals surface area contributed by atoms with E-state index in [4.69, 9.17) is 4.74 Å². The van der Waals surface area contributed by atoms with Crippen molar-refractivity contribution in [3.8, 4) is 11.4 Å². The molecule has 1 aliphatic rings. The lowest BCUT2D eigenvalue weighted by molar-refractivity contribution is 0.0745. The molecule has 1 fully saturated rings. The molecule has 27 heavy (non-hydrogen) atoms. The second-order valence-electron chi connectivity index (χ2n) is 6.24.